The van der Waals surface area contributed by atoms with Crippen molar-refractivity contribution in [3.05, 3.63) is 24.0 Å². The predicted octanol–water partition coefficient (Wildman–Crippen LogP) is 2.06. The van der Waals surface area contributed by atoms with Crippen LogP contribution in [0.2, 0.25) is 0 Å². The van der Waals surface area contributed by atoms with E-state index < -0.39 is 0 Å². The van der Waals surface area contributed by atoms with Crippen LogP contribution in [0, 0.1) is 5.41 Å². The molecule has 2 atom stereocenters. The second-order valence-corrected chi connectivity index (χ2v) is 6.16. The van der Waals surface area contributed by atoms with Gasteiger partial charge in [-0.25, -0.2) is 4.98 Å². The molecule has 1 amide bonds. The number of ether oxygens (including phenoxy) is 1. The van der Waals surface area contributed by atoms with Crippen LogP contribution in [0.4, 0.5) is 0 Å². The number of rotatable bonds is 3. The summed E-state index contributed by atoms with van der Waals surface area (Å²) >= 11 is 0. The van der Waals surface area contributed by atoms with E-state index in [2.05, 4.69) is 25.8 Å². The SMILES string of the molecule is COC1(C)CC(N(C)C(=O)c2ncccc2O)C1(C)C. The van der Waals surface area contributed by atoms with Crippen LogP contribution in [0.5, 0.6) is 5.75 Å². The molecule has 110 valence electrons. The summed E-state index contributed by atoms with van der Waals surface area (Å²) in [7, 11) is 3.45. The highest BCUT2D eigenvalue weighted by atomic mass is 16.5. The third-order valence-corrected chi connectivity index (χ3v) is 5.01. The molecule has 1 aromatic rings. The van der Waals surface area contributed by atoms with Crippen LogP contribution in [0.3, 0.4) is 0 Å². The van der Waals surface area contributed by atoms with E-state index in [1.807, 2.05) is 0 Å². The van der Waals surface area contributed by atoms with E-state index in [1.54, 1.807) is 25.1 Å². The van der Waals surface area contributed by atoms with Crippen molar-refractivity contribution in [1.82, 2.24) is 9.88 Å². The summed E-state index contributed by atoms with van der Waals surface area (Å²) < 4.78 is 5.58. The Morgan fingerprint density at radius 1 is 1.50 bits per heavy atom. The first-order chi connectivity index (χ1) is 9.24. The van der Waals surface area contributed by atoms with E-state index in [1.165, 1.54) is 12.3 Å². The van der Waals surface area contributed by atoms with Crippen LogP contribution in [0.15, 0.2) is 18.3 Å². The Bertz CT molecular complexity index is 530. The highest BCUT2D eigenvalue weighted by Crippen LogP contribution is 2.53. The highest BCUT2D eigenvalue weighted by Gasteiger charge is 2.60. The van der Waals surface area contributed by atoms with Gasteiger partial charge in [0.05, 0.1) is 5.60 Å². The average Bonchev–Trinajstić information content (AvgIpc) is 2.43. The lowest BCUT2D eigenvalue weighted by Crippen LogP contribution is -2.68. The van der Waals surface area contributed by atoms with Gasteiger partial charge in [-0.05, 0) is 25.5 Å². The van der Waals surface area contributed by atoms with Crippen LogP contribution < -0.4 is 0 Å². The lowest BCUT2D eigenvalue weighted by Gasteiger charge is -2.61. The van der Waals surface area contributed by atoms with E-state index in [9.17, 15) is 9.90 Å². The summed E-state index contributed by atoms with van der Waals surface area (Å²) in [5.41, 5.74) is -0.300. The van der Waals surface area contributed by atoms with Gasteiger partial charge in [0.1, 0.15) is 5.75 Å². The molecule has 1 heterocycles. The second-order valence-electron chi connectivity index (χ2n) is 6.16. The fraction of sp³-hybridized carbons (Fsp3) is 0.600. The average molecular weight is 278 g/mol. The van der Waals surface area contributed by atoms with Crippen LogP contribution in [-0.4, -0.2) is 46.7 Å². The summed E-state index contributed by atoms with van der Waals surface area (Å²) in [5, 5.41) is 9.75. The molecule has 0 aliphatic heterocycles. The molecule has 5 heteroatoms. The molecular formula is C15H22N2O3. The Hall–Kier alpha value is -1.62. The van der Waals surface area contributed by atoms with Gasteiger partial charge in [0, 0.05) is 31.8 Å². The Kier molecular flexibility index (Phi) is 3.50. The van der Waals surface area contributed by atoms with Crippen molar-refractivity contribution >= 4 is 5.91 Å². The molecular weight excluding hydrogens is 256 g/mol. The number of nitrogens with zero attached hydrogens (tertiary/aromatic N) is 2. The third-order valence-electron chi connectivity index (χ3n) is 5.01. The number of hydrogen-bond donors (Lipinski definition) is 1. The molecule has 1 aliphatic carbocycles. The molecule has 1 saturated carbocycles. The van der Waals surface area contributed by atoms with Gasteiger partial charge >= 0.3 is 0 Å². The van der Waals surface area contributed by atoms with Gasteiger partial charge in [0.2, 0.25) is 0 Å². The predicted molar refractivity (Wildman–Crippen MR) is 75.6 cm³/mol. The number of amides is 1. The number of aromatic hydroxyl groups is 1. The van der Waals surface area contributed by atoms with Crippen molar-refractivity contribution in [2.75, 3.05) is 14.2 Å². The first kappa shape index (κ1) is 14.8. The van der Waals surface area contributed by atoms with E-state index >= 15 is 0 Å². The second kappa shape index (κ2) is 4.74. The van der Waals surface area contributed by atoms with Gasteiger partial charge in [-0.2, -0.15) is 0 Å². The summed E-state index contributed by atoms with van der Waals surface area (Å²) in [6, 6.07) is 3.13. The standard InChI is InChI=1S/C15H22N2O3/c1-14(2)11(9-15(14,3)20-5)17(4)13(19)12-10(18)7-6-8-16-12/h6-8,11,18H,9H2,1-5H3. The van der Waals surface area contributed by atoms with E-state index in [0.717, 1.165) is 6.42 Å². The van der Waals surface area contributed by atoms with Gasteiger partial charge < -0.3 is 14.7 Å². The number of pyridine rings is 1. The zero-order valence-corrected chi connectivity index (χ0v) is 12.7. The Morgan fingerprint density at radius 2 is 2.15 bits per heavy atom. The maximum Gasteiger partial charge on any atom is 0.276 e. The van der Waals surface area contributed by atoms with E-state index in [-0.39, 0.29) is 34.4 Å². The molecule has 1 aliphatic rings. The summed E-state index contributed by atoms with van der Waals surface area (Å²) in [6.07, 6.45) is 2.28. The molecule has 0 spiro atoms. The first-order valence-electron chi connectivity index (χ1n) is 6.71. The number of carbonyl (C=O) groups is 1. The summed E-state index contributed by atoms with van der Waals surface area (Å²) in [4.78, 5) is 18.1. The Balaban J connectivity index is 2.20. The molecule has 1 N–H and O–H groups in total. The van der Waals surface area contributed by atoms with Gasteiger partial charge in [0.25, 0.3) is 5.91 Å². The minimum atomic E-state index is -0.265. The molecule has 5 nitrogen and oxygen atoms in total. The monoisotopic (exact) mass is 278 g/mol. The Labute approximate surface area is 119 Å². The lowest BCUT2D eigenvalue weighted by atomic mass is 9.55. The van der Waals surface area contributed by atoms with Crippen molar-refractivity contribution in [2.45, 2.75) is 38.8 Å². The normalized spacial score (nSPS) is 27.8. The molecule has 0 bridgehead atoms. The van der Waals surface area contributed by atoms with Crippen LogP contribution in [0.1, 0.15) is 37.7 Å². The van der Waals surface area contributed by atoms with Crippen molar-refractivity contribution in [3.63, 3.8) is 0 Å². The maximum atomic E-state index is 12.4. The first-order valence-corrected chi connectivity index (χ1v) is 6.71. The quantitative estimate of drug-likeness (QED) is 0.919. The van der Waals surface area contributed by atoms with E-state index in [4.69, 9.17) is 4.74 Å². The molecule has 2 unspecified atom stereocenters. The smallest absolute Gasteiger partial charge is 0.276 e. The number of methoxy groups -OCH3 is 1. The van der Waals surface area contributed by atoms with Gasteiger partial charge in [-0.3, -0.25) is 4.79 Å². The van der Waals surface area contributed by atoms with Crippen LogP contribution >= 0.6 is 0 Å². The number of carbonyl (C=O) groups excluding carboxylic acids is 1. The lowest BCUT2D eigenvalue weighted by molar-refractivity contribution is -0.198. The fourth-order valence-corrected chi connectivity index (χ4v) is 2.95. The molecule has 0 aromatic carbocycles. The zero-order chi connectivity index (χ0) is 15.1. The number of aromatic nitrogens is 1. The van der Waals surface area contributed by atoms with Crippen molar-refractivity contribution in [1.29, 1.82) is 0 Å². The summed E-state index contributed by atoms with van der Waals surface area (Å²) in [5.74, 6) is -0.352. The van der Waals surface area contributed by atoms with E-state index in [0.29, 0.717) is 0 Å². The largest absolute Gasteiger partial charge is 0.505 e. The Morgan fingerprint density at radius 3 is 2.65 bits per heavy atom. The fourth-order valence-electron chi connectivity index (χ4n) is 2.95. The minimum Gasteiger partial charge on any atom is -0.505 e. The maximum absolute atomic E-state index is 12.4. The molecule has 2 rings (SSSR count). The van der Waals surface area contributed by atoms with Gasteiger partial charge in [-0.15, -0.1) is 0 Å². The van der Waals surface area contributed by atoms with Gasteiger partial charge in [0.15, 0.2) is 5.69 Å². The zero-order valence-electron chi connectivity index (χ0n) is 12.7. The third kappa shape index (κ3) is 1.97. The molecule has 0 saturated heterocycles. The molecule has 1 aromatic heterocycles. The van der Waals surface area contributed by atoms with Crippen LogP contribution in [-0.2, 0) is 4.74 Å². The highest BCUT2D eigenvalue weighted by molar-refractivity contribution is 5.95. The molecule has 20 heavy (non-hydrogen) atoms. The van der Waals surface area contributed by atoms with Crippen molar-refractivity contribution in [3.8, 4) is 5.75 Å². The minimum absolute atomic E-state index is 0.0568. The van der Waals surface area contributed by atoms with Crippen LogP contribution in [0.25, 0.3) is 0 Å². The van der Waals surface area contributed by atoms with Crippen molar-refractivity contribution in [2.24, 2.45) is 5.41 Å². The summed E-state index contributed by atoms with van der Waals surface area (Å²) in [6.45, 7) is 6.24. The topological polar surface area (TPSA) is 62.7 Å². The molecule has 1 fully saturated rings. The molecule has 0 radical (unpaired) electrons. The van der Waals surface area contributed by atoms with Crippen molar-refractivity contribution < 1.29 is 14.6 Å². The number of hydrogen-bond acceptors (Lipinski definition) is 4. The van der Waals surface area contributed by atoms with Gasteiger partial charge in [-0.1, -0.05) is 13.8 Å².